The van der Waals surface area contributed by atoms with Gasteiger partial charge < -0.3 is 19.8 Å². The molecule has 0 fully saturated rings. The number of nitrogens with one attached hydrogen (secondary N) is 2. The standard InChI is InChI=1S/C21H19ClN2O3/c22-15-10-19-20(27-8-7-26-19)11-18(15)24-21(25)12-5-6-17-14(9-12)13-3-1-2-4-16(13)23-17/h5-6,9-11,23H,1-4,7-8H2,(H,24,25). The highest BCUT2D eigenvalue weighted by atomic mass is 35.5. The van der Waals surface area contributed by atoms with Crippen LogP contribution in [0, 0.1) is 0 Å². The minimum absolute atomic E-state index is 0.193. The Kier molecular flexibility index (Phi) is 3.97. The van der Waals surface area contributed by atoms with Crippen molar-refractivity contribution in [2.75, 3.05) is 18.5 Å². The van der Waals surface area contributed by atoms with E-state index in [-0.39, 0.29) is 5.91 Å². The average molecular weight is 383 g/mol. The second-order valence-corrected chi connectivity index (χ2v) is 7.39. The molecule has 1 aromatic heterocycles. The molecule has 5 rings (SSSR count). The molecule has 1 aliphatic heterocycles. The van der Waals surface area contributed by atoms with Crippen molar-refractivity contribution < 1.29 is 14.3 Å². The smallest absolute Gasteiger partial charge is 0.255 e. The molecule has 6 heteroatoms. The number of carbonyl (C=O) groups is 1. The highest BCUT2D eigenvalue weighted by Gasteiger charge is 2.19. The van der Waals surface area contributed by atoms with E-state index in [1.165, 1.54) is 24.1 Å². The van der Waals surface area contributed by atoms with Crippen molar-refractivity contribution in [3.8, 4) is 11.5 Å². The molecule has 0 bridgehead atoms. The van der Waals surface area contributed by atoms with Crippen LogP contribution in [0.4, 0.5) is 5.69 Å². The summed E-state index contributed by atoms with van der Waals surface area (Å²) in [5.74, 6) is 1.00. The van der Waals surface area contributed by atoms with Crippen molar-refractivity contribution in [1.29, 1.82) is 0 Å². The van der Waals surface area contributed by atoms with E-state index < -0.39 is 0 Å². The molecule has 1 amide bonds. The SMILES string of the molecule is O=C(Nc1cc2c(cc1Cl)OCCO2)c1ccc2[nH]c3c(c2c1)CCCC3. The minimum Gasteiger partial charge on any atom is -0.486 e. The molecule has 138 valence electrons. The van der Waals surface area contributed by atoms with Crippen LogP contribution in [0.1, 0.15) is 34.5 Å². The molecule has 2 aliphatic rings. The molecule has 0 spiro atoms. The molecule has 0 saturated carbocycles. The molecule has 27 heavy (non-hydrogen) atoms. The van der Waals surface area contributed by atoms with Gasteiger partial charge in [-0.05, 0) is 49.4 Å². The Bertz CT molecular complexity index is 1060. The zero-order valence-corrected chi connectivity index (χ0v) is 15.5. The largest absolute Gasteiger partial charge is 0.486 e. The minimum atomic E-state index is -0.193. The van der Waals surface area contributed by atoms with E-state index in [0.29, 0.717) is 41.0 Å². The Morgan fingerprint density at radius 2 is 1.81 bits per heavy atom. The third-order valence-electron chi connectivity index (χ3n) is 5.24. The number of H-pyrrole nitrogens is 1. The summed E-state index contributed by atoms with van der Waals surface area (Å²) in [5.41, 5.74) is 4.88. The zero-order chi connectivity index (χ0) is 18.4. The van der Waals surface area contributed by atoms with E-state index in [1.54, 1.807) is 12.1 Å². The van der Waals surface area contributed by atoms with Crippen LogP contribution in [-0.4, -0.2) is 24.1 Å². The van der Waals surface area contributed by atoms with Crippen molar-refractivity contribution in [3.63, 3.8) is 0 Å². The van der Waals surface area contributed by atoms with Crippen LogP contribution >= 0.6 is 11.6 Å². The lowest BCUT2D eigenvalue weighted by Gasteiger charge is -2.20. The van der Waals surface area contributed by atoms with Crippen LogP contribution in [0.25, 0.3) is 10.9 Å². The second-order valence-electron chi connectivity index (χ2n) is 6.98. The van der Waals surface area contributed by atoms with Crippen LogP contribution in [0.15, 0.2) is 30.3 Å². The van der Waals surface area contributed by atoms with Crippen LogP contribution in [0.5, 0.6) is 11.5 Å². The van der Waals surface area contributed by atoms with Gasteiger partial charge in [0, 0.05) is 34.3 Å². The summed E-state index contributed by atoms with van der Waals surface area (Å²) >= 11 is 6.31. The number of ether oxygens (including phenoxy) is 2. The van der Waals surface area contributed by atoms with E-state index in [4.69, 9.17) is 21.1 Å². The topological polar surface area (TPSA) is 63.4 Å². The van der Waals surface area contributed by atoms with Crippen LogP contribution < -0.4 is 14.8 Å². The van der Waals surface area contributed by atoms with Crippen molar-refractivity contribution in [3.05, 3.63) is 52.2 Å². The quantitative estimate of drug-likeness (QED) is 0.673. The number of benzene rings is 2. The Balaban J connectivity index is 1.46. The number of hydrogen-bond acceptors (Lipinski definition) is 3. The van der Waals surface area contributed by atoms with E-state index in [9.17, 15) is 4.79 Å². The molecule has 2 aromatic carbocycles. The van der Waals surface area contributed by atoms with E-state index in [0.717, 1.165) is 23.7 Å². The molecule has 0 atom stereocenters. The molecule has 0 saturated heterocycles. The van der Waals surface area contributed by atoms with Gasteiger partial charge in [-0.25, -0.2) is 0 Å². The summed E-state index contributed by atoms with van der Waals surface area (Å²) in [6, 6.07) is 9.18. The van der Waals surface area contributed by atoms with Crippen LogP contribution in [0.3, 0.4) is 0 Å². The molecule has 3 aromatic rings. The maximum absolute atomic E-state index is 12.8. The summed E-state index contributed by atoms with van der Waals surface area (Å²) in [5, 5.41) is 4.46. The summed E-state index contributed by atoms with van der Waals surface area (Å²) in [4.78, 5) is 16.3. The Morgan fingerprint density at radius 1 is 1.04 bits per heavy atom. The molecule has 0 unspecified atom stereocenters. The number of aromatic nitrogens is 1. The zero-order valence-electron chi connectivity index (χ0n) is 14.7. The van der Waals surface area contributed by atoms with Crippen molar-refractivity contribution in [2.24, 2.45) is 0 Å². The number of aryl methyl sites for hydroxylation is 2. The van der Waals surface area contributed by atoms with E-state index in [2.05, 4.69) is 10.3 Å². The normalized spacial score (nSPS) is 15.4. The number of fused-ring (bicyclic) bond motifs is 4. The lowest BCUT2D eigenvalue weighted by Crippen LogP contribution is -2.17. The van der Waals surface area contributed by atoms with Gasteiger partial charge in [-0.1, -0.05) is 11.6 Å². The predicted octanol–water partition coefficient (Wildman–Crippen LogP) is 4.72. The lowest BCUT2D eigenvalue weighted by molar-refractivity contribution is 0.102. The van der Waals surface area contributed by atoms with Gasteiger partial charge in [-0.3, -0.25) is 4.79 Å². The molecular formula is C21H19ClN2O3. The number of aromatic amines is 1. The first kappa shape index (κ1) is 16.5. The first-order valence-electron chi connectivity index (χ1n) is 9.23. The first-order chi connectivity index (χ1) is 13.2. The summed E-state index contributed by atoms with van der Waals surface area (Å²) in [6.45, 7) is 0.979. The fourth-order valence-electron chi connectivity index (χ4n) is 3.90. The van der Waals surface area contributed by atoms with Gasteiger partial charge in [-0.15, -0.1) is 0 Å². The van der Waals surface area contributed by atoms with Crippen LogP contribution in [-0.2, 0) is 12.8 Å². The van der Waals surface area contributed by atoms with Crippen LogP contribution in [0.2, 0.25) is 5.02 Å². The van der Waals surface area contributed by atoms with Gasteiger partial charge in [0.1, 0.15) is 13.2 Å². The number of amides is 1. The fraction of sp³-hybridized carbons (Fsp3) is 0.286. The number of rotatable bonds is 2. The van der Waals surface area contributed by atoms with Crippen molar-refractivity contribution in [2.45, 2.75) is 25.7 Å². The van der Waals surface area contributed by atoms with Gasteiger partial charge in [0.05, 0.1) is 10.7 Å². The number of carbonyl (C=O) groups excluding carboxylic acids is 1. The Morgan fingerprint density at radius 3 is 2.67 bits per heavy atom. The summed E-state index contributed by atoms with van der Waals surface area (Å²) in [7, 11) is 0. The van der Waals surface area contributed by atoms with Gasteiger partial charge >= 0.3 is 0 Å². The highest BCUT2D eigenvalue weighted by molar-refractivity contribution is 6.34. The first-order valence-corrected chi connectivity index (χ1v) is 9.61. The number of hydrogen-bond donors (Lipinski definition) is 2. The average Bonchev–Trinajstić information content (AvgIpc) is 3.06. The monoisotopic (exact) mass is 382 g/mol. The number of halogens is 1. The van der Waals surface area contributed by atoms with Gasteiger partial charge in [0.15, 0.2) is 11.5 Å². The Hall–Kier alpha value is -2.66. The fourth-order valence-corrected chi connectivity index (χ4v) is 4.10. The van der Waals surface area contributed by atoms with E-state index >= 15 is 0 Å². The summed E-state index contributed by atoms with van der Waals surface area (Å²) in [6.07, 6.45) is 4.56. The molecular weight excluding hydrogens is 364 g/mol. The second kappa shape index (κ2) is 6.50. The number of anilines is 1. The van der Waals surface area contributed by atoms with Gasteiger partial charge in [0.2, 0.25) is 0 Å². The Labute approximate surface area is 161 Å². The highest BCUT2D eigenvalue weighted by Crippen LogP contribution is 2.38. The van der Waals surface area contributed by atoms with Crippen molar-refractivity contribution in [1.82, 2.24) is 4.98 Å². The molecule has 5 nitrogen and oxygen atoms in total. The molecule has 1 aliphatic carbocycles. The summed E-state index contributed by atoms with van der Waals surface area (Å²) < 4.78 is 11.1. The third-order valence-corrected chi connectivity index (χ3v) is 5.55. The molecule has 0 radical (unpaired) electrons. The van der Waals surface area contributed by atoms with Gasteiger partial charge in [0.25, 0.3) is 5.91 Å². The maximum Gasteiger partial charge on any atom is 0.255 e. The molecule has 2 heterocycles. The van der Waals surface area contributed by atoms with Crippen molar-refractivity contribution >= 4 is 34.1 Å². The maximum atomic E-state index is 12.8. The molecule has 2 N–H and O–H groups in total. The lowest BCUT2D eigenvalue weighted by atomic mass is 9.95. The van der Waals surface area contributed by atoms with E-state index in [1.807, 2.05) is 18.2 Å². The third kappa shape index (κ3) is 2.92. The predicted molar refractivity (Wildman–Crippen MR) is 105 cm³/mol. The van der Waals surface area contributed by atoms with Gasteiger partial charge in [-0.2, -0.15) is 0 Å².